The minimum atomic E-state index is -3.13. The highest BCUT2D eigenvalue weighted by atomic mass is 32.2. The number of benzene rings is 2. The Morgan fingerprint density at radius 3 is 1.63 bits per heavy atom. The quantitative estimate of drug-likeness (QED) is 0.487. The molecule has 3 N–H and O–H groups in total. The van der Waals surface area contributed by atoms with Gasteiger partial charge in [0.1, 0.15) is 13.2 Å². The summed E-state index contributed by atoms with van der Waals surface area (Å²) in [6, 6.07) is 19.4. The van der Waals surface area contributed by atoms with Crippen LogP contribution in [-0.2, 0) is 32.7 Å². The molecule has 2 aromatic carbocycles. The van der Waals surface area contributed by atoms with Crippen molar-refractivity contribution in [2.45, 2.75) is 51.0 Å². The van der Waals surface area contributed by atoms with Crippen LogP contribution in [0.4, 0.5) is 9.59 Å². The largest absolute Gasteiger partial charge is 0.445 e. The van der Waals surface area contributed by atoms with Crippen molar-refractivity contribution in [3.8, 4) is 0 Å². The van der Waals surface area contributed by atoms with Crippen LogP contribution in [0.5, 0.6) is 0 Å². The molecular weight excluding hydrogens is 508 g/mol. The van der Waals surface area contributed by atoms with Crippen molar-refractivity contribution in [3.05, 3.63) is 71.8 Å². The Bertz CT molecular complexity index is 1090. The van der Waals surface area contributed by atoms with E-state index in [1.807, 2.05) is 60.7 Å². The average molecular weight is 547 g/mol. The van der Waals surface area contributed by atoms with Crippen LogP contribution in [0.3, 0.4) is 0 Å². The van der Waals surface area contributed by atoms with Crippen molar-refractivity contribution in [1.82, 2.24) is 20.3 Å². The normalized spacial score (nSPS) is 17.0. The van der Waals surface area contributed by atoms with Crippen molar-refractivity contribution in [1.29, 1.82) is 0 Å². The number of sulfonamides is 1. The zero-order valence-corrected chi connectivity index (χ0v) is 22.6. The number of amides is 2. The molecule has 0 atom stereocenters. The molecule has 0 saturated carbocycles. The van der Waals surface area contributed by atoms with Crippen LogP contribution in [0.25, 0.3) is 0 Å². The third kappa shape index (κ3) is 11.1. The van der Waals surface area contributed by atoms with Gasteiger partial charge in [0.25, 0.3) is 0 Å². The van der Waals surface area contributed by atoms with Crippen LogP contribution in [0.2, 0.25) is 0 Å². The fourth-order valence-corrected chi connectivity index (χ4v) is 5.04. The number of piperidine rings is 2. The lowest BCUT2D eigenvalue weighted by atomic mass is 10.1. The number of hydrogen-bond acceptors (Lipinski definition) is 7. The number of carbonyl (C=O) groups is 2. The zero-order valence-electron chi connectivity index (χ0n) is 21.8. The van der Waals surface area contributed by atoms with Gasteiger partial charge in [0, 0.05) is 25.2 Å². The molecule has 2 fully saturated rings. The van der Waals surface area contributed by atoms with Crippen molar-refractivity contribution >= 4 is 22.2 Å². The first kappa shape index (κ1) is 29.4. The van der Waals surface area contributed by atoms with Crippen LogP contribution in [0.15, 0.2) is 60.7 Å². The third-order valence-electron chi connectivity index (χ3n) is 6.33. The summed E-state index contributed by atoms with van der Waals surface area (Å²) in [6.07, 6.45) is 3.58. The molecule has 11 heteroatoms. The van der Waals surface area contributed by atoms with Gasteiger partial charge in [0.15, 0.2) is 0 Å². The van der Waals surface area contributed by atoms with Gasteiger partial charge in [0.05, 0.1) is 6.26 Å². The first-order valence-corrected chi connectivity index (χ1v) is 14.7. The smallest absolute Gasteiger partial charge is 0.407 e. The fourth-order valence-electron chi connectivity index (χ4n) is 4.16. The van der Waals surface area contributed by atoms with Crippen LogP contribution >= 0.6 is 0 Å². The lowest BCUT2D eigenvalue weighted by molar-refractivity contribution is 0.131. The second-order valence-electron chi connectivity index (χ2n) is 9.37. The van der Waals surface area contributed by atoms with E-state index >= 15 is 0 Å². The van der Waals surface area contributed by atoms with Crippen LogP contribution in [0, 0.1) is 0 Å². The van der Waals surface area contributed by atoms with E-state index in [9.17, 15) is 18.0 Å². The Morgan fingerprint density at radius 2 is 1.21 bits per heavy atom. The zero-order chi connectivity index (χ0) is 27.2. The predicted molar refractivity (Wildman–Crippen MR) is 145 cm³/mol. The first-order valence-electron chi connectivity index (χ1n) is 12.9. The maximum atomic E-state index is 11.7. The second-order valence-corrected chi connectivity index (χ2v) is 11.4. The number of nitrogens with one attached hydrogen (secondary N) is 3. The van der Waals surface area contributed by atoms with Crippen LogP contribution in [0.1, 0.15) is 36.8 Å². The molecule has 2 amide bonds. The van der Waals surface area contributed by atoms with Gasteiger partial charge >= 0.3 is 12.2 Å². The van der Waals surface area contributed by atoms with Gasteiger partial charge in [-0.3, -0.25) is 0 Å². The number of nitrogens with zero attached hydrogens (tertiary/aromatic N) is 1. The highest BCUT2D eigenvalue weighted by Gasteiger charge is 2.26. The molecule has 0 spiro atoms. The summed E-state index contributed by atoms with van der Waals surface area (Å²) < 4.78 is 34.5. The molecule has 0 radical (unpaired) electrons. The van der Waals surface area contributed by atoms with E-state index in [4.69, 9.17) is 9.47 Å². The lowest BCUT2D eigenvalue weighted by Crippen LogP contribution is -2.46. The molecule has 0 bridgehead atoms. The summed E-state index contributed by atoms with van der Waals surface area (Å²) in [5, 5.41) is 8.92. The van der Waals surface area contributed by atoms with Gasteiger partial charge in [-0.15, -0.1) is 0 Å². The van der Waals surface area contributed by atoms with Gasteiger partial charge in [-0.25, -0.2) is 22.3 Å². The monoisotopic (exact) mass is 546 g/mol. The highest BCUT2D eigenvalue weighted by Crippen LogP contribution is 2.13. The summed E-state index contributed by atoms with van der Waals surface area (Å²) in [6.45, 7) is 3.35. The van der Waals surface area contributed by atoms with Crippen molar-refractivity contribution in [2.75, 3.05) is 32.4 Å². The van der Waals surface area contributed by atoms with Crippen molar-refractivity contribution in [2.24, 2.45) is 0 Å². The van der Waals surface area contributed by atoms with Gasteiger partial charge in [-0.05, 0) is 49.9 Å². The SMILES string of the molecule is CS(=O)(=O)N1CCC(NC(=O)OCc2ccccc2)CC1.O=C(NC1CCNCC1)OCc1ccccc1. The number of alkyl carbamates (subject to hydrolysis) is 2. The molecule has 0 aliphatic carbocycles. The molecule has 0 aromatic heterocycles. The molecule has 38 heavy (non-hydrogen) atoms. The minimum Gasteiger partial charge on any atom is -0.445 e. The summed E-state index contributed by atoms with van der Waals surface area (Å²) in [5.41, 5.74) is 1.94. The maximum Gasteiger partial charge on any atom is 0.407 e. The van der Waals surface area contributed by atoms with E-state index in [2.05, 4.69) is 16.0 Å². The summed E-state index contributed by atoms with van der Waals surface area (Å²) in [7, 11) is -3.13. The van der Waals surface area contributed by atoms with E-state index in [0.29, 0.717) is 32.5 Å². The van der Waals surface area contributed by atoms with E-state index in [0.717, 1.165) is 37.1 Å². The van der Waals surface area contributed by atoms with Gasteiger partial charge in [-0.1, -0.05) is 60.7 Å². The minimum absolute atomic E-state index is 0.0359. The topological polar surface area (TPSA) is 126 Å². The number of hydrogen-bond donors (Lipinski definition) is 3. The Hall–Kier alpha value is -3.15. The van der Waals surface area contributed by atoms with E-state index in [1.165, 1.54) is 10.6 Å². The molecule has 208 valence electrons. The summed E-state index contributed by atoms with van der Waals surface area (Å²) in [5.74, 6) is 0. The molecule has 2 aliphatic heterocycles. The molecule has 2 aliphatic rings. The molecule has 10 nitrogen and oxygen atoms in total. The van der Waals surface area contributed by atoms with Gasteiger partial charge in [-0.2, -0.15) is 0 Å². The molecule has 0 unspecified atom stereocenters. The Kier molecular flexibility index (Phi) is 11.8. The van der Waals surface area contributed by atoms with Crippen LogP contribution < -0.4 is 16.0 Å². The Balaban J connectivity index is 0.000000215. The second kappa shape index (κ2) is 15.3. The van der Waals surface area contributed by atoms with Crippen molar-refractivity contribution < 1.29 is 27.5 Å². The molecule has 2 aromatic rings. The van der Waals surface area contributed by atoms with Crippen LogP contribution in [-0.4, -0.2) is 69.4 Å². The standard InChI is InChI=1S/C14H20N2O4S.C13H18N2O2/c1-21(18,19)16-9-7-13(8-10-16)15-14(17)20-11-12-5-3-2-4-6-12;16-13(15-12-6-8-14-9-7-12)17-10-11-4-2-1-3-5-11/h2-6,13H,7-11H2,1H3,(H,15,17);1-5,12,14H,6-10H2,(H,15,16). The number of carbonyl (C=O) groups excluding carboxylic acids is 2. The lowest BCUT2D eigenvalue weighted by Gasteiger charge is -2.30. The fraction of sp³-hybridized carbons (Fsp3) is 0.481. The Labute approximate surface area is 225 Å². The third-order valence-corrected chi connectivity index (χ3v) is 7.63. The van der Waals surface area contributed by atoms with Gasteiger partial charge in [0.2, 0.25) is 10.0 Å². The predicted octanol–water partition coefficient (Wildman–Crippen LogP) is 3.00. The van der Waals surface area contributed by atoms with E-state index in [-0.39, 0.29) is 24.8 Å². The van der Waals surface area contributed by atoms with Crippen molar-refractivity contribution in [3.63, 3.8) is 0 Å². The average Bonchev–Trinajstić information content (AvgIpc) is 2.93. The van der Waals surface area contributed by atoms with E-state index in [1.54, 1.807) is 0 Å². The Morgan fingerprint density at radius 1 is 0.789 bits per heavy atom. The first-order chi connectivity index (χ1) is 18.3. The molecule has 2 heterocycles. The molecular formula is C27H38N4O6S. The van der Waals surface area contributed by atoms with Gasteiger partial charge < -0.3 is 25.4 Å². The summed E-state index contributed by atoms with van der Waals surface area (Å²) >= 11 is 0. The summed E-state index contributed by atoms with van der Waals surface area (Å²) in [4.78, 5) is 23.2. The maximum absolute atomic E-state index is 11.7. The number of rotatable bonds is 7. The molecule has 2 saturated heterocycles. The number of ether oxygens (including phenoxy) is 2. The highest BCUT2D eigenvalue weighted by molar-refractivity contribution is 7.88. The van der Waals surface area contributed by atoms with E-state index < -0.39 is 16.1 Å². The molecule has 4 rings (SSSR count).